The Labute approximate surface area is 198 Å². The van der Waals surface area contributed by atoms with Gasteiger partial charge in [0.15, 0.2) is 0 Å². The summed E-state index contributed by atoms with van der Waals surface area (Å²) >= 11 is 0. The largest absolute Gasteiger partial charge is 0.389 e. The van der Waals surface area contributed by atoms with Crippen molar-refractivity contribution in [3.8, 4) is 22.3 Å². The van der Waals surface area contributed by atoms with Crippen molar-refractivity contribution in [1.82, 2.24) is 19.7 Å². The number of hydrogen-bond acceptors (Lipinski definition) is 5. The van der Waals surface area contributed by atoms with Crippen molar-refractivity contribution < 1.29 is 14.6 Å². The van der Waals surface area contributed by atoms with Gasteiger partial charge in [0.25, 0.3) is 5.91 Å². The number of likely N-dealkylation sites (tertiary alicyclic amines) is 1. The number of amides is 1. The zero-order chi connectivity index (χ0) is 23.9. The van der Waals surface area contributed by atoms with Gasteiger partial charge in [-0.1, -0.05) is 30.3 Å². The summed E-state index contributed by atoms with van der Waals surface area (Å²) < 4.78 is 7.05. The Hall–Kier alpha value is -3.55. The molecule has 3 heterocycles. The molecule has 0 atom stereocenters. The third-order valence-corrected chi connectivity index (χ3v) is 6.19. The van der Waals surface area contributed by atoms with E-state index in [1.165, 1.54) is 0 Å². The molecule has 0 saturated carbocycles. The second-order valence-corrected chi connectivity index (χ2v) is 9.51. The number of fused-ring (bicyclic) bond motifs is 1. The summed E-state index contributed by atoms with van der Waals surface area (Å²) in [6, 6.07) is 14.0. The van der Waals surface area contributed by atoms with Gasteiger partial charge in [0.2, 0.25) is 0 Å². The minimum absolute atomic E-state index is 0.0244. The number of carbonyl (C=O) groups excluding carboxylic acids is 1. The smallest absolute Gasteiger partial charge is 0.254 e. The monoisotopic (exact) mass is 456 g/mol. The van der Waals surface area contributed by atoms with E-state index in [0.717, 1.165) is 33.0 Å². The molecule has 2 aromatic heterocycles. The normalized spacial score (nSPS) is 14.4. The topological polar surface area (TPSA) is 80.5 Å². The summed E-state index contributed by atoms with van der Waals surface area (Å²) in [5.74, 6) is 0.0244. The highest BCUT2D eigenvalue weighted by molar-refractivity contribution is 6.03. The lowest BCUT2D eigenvalue weighted by Crippen LogP contribution is -2.54. The van der Waals surface area contributed by atoms with Crippen molar-refractivity contribution in [2.45, 2.75) is 32.1 Å². The lowest BCUT2D eigenvalue weighted by molar-refractivity contribution is -0.0191. The first-order valence-corrected chi connectivity index (χ1v) is 11.4. The van der Waals surface area contributed by atoms with Gasteiger partial charge < -0.3 is 14.7 Å². The Kier molecular flexibility index (Phi) is 5.67. The quantitative estimate of drug-likeness (QED) is 0.474. The van der Waals surface area contributed by atoms with E-state index in [2.05, 4.69) is 34.3 Å². The van der Waals surface area contributed by atoms with Gasteiger partial charge in [-0.05, 0) is 42.5 Å². The standard InChI is InChI=1S/C27H28N4O3/c1-27(2,33)17-31-14-22(12-29-31)18-4-6-19(7-5-18)25-13-28-11-21-9-8-20(10-24(21)25)26(32)30-15-23(16-30)34-3/h4-14,23,33H,15-17H2,1-3H3. The predicted molar refractivity (Wildman–Crippen MR) is 131 cm³/mol. The summed E-state index contributed by atoms with van der Waals surface area (Å²) in [6.07, 6.45) is 7.54. The average molecular weight is 457 g/mol. The Balaban J connectivity index is 1.42. The zero-order valence-corrected chi connectivity index (χ0v) is 19.6. The van der Waals surface area contributed by atoms with Crippen LogP contribution in [0.25, 0.3) is 33.0 Å². The lowest BCUT2D eigenvalue weighted by Gasteiger charge is -2.38. The van der Waals surface area contributed by atoms with Crippen molar-refractivity contribution in [1.29, 1.82) is 0 Å². The van der Waals surface area contributed by atoms with Gasteiger partial charge in [-0.2, -0.15) is 5.10 Å². The van der Waals surface area contributed by atoms with Crippen LogP contribution in [0.1, 0.15) is 24.2 Å². The van der Waals surface area contributed by atoms with Gasteiger partial charge in [0.05, 0.1) is 24.4 Å². The first kappa shape index (κ1) is 22.3. The number of aliphatic hydroxyl groups is 1. The maximum absolute atomic E-state index is 12.9. The molecule has 0 aliphatic carbocycles. The third-order valence-electron chi connectivity index (χ3n) is 6.19. The van der Waals surface area contributed by atoms with E-state index in [-0.39, 0.29) is 12.0 Å². The minimum Gasteiger partial charge on any atom is -0.389 e. The van der Waals surface area contributed by atoms with E-state index in [1.807, 2.05) is 47.9 Å². The van der Waals surface area contributed by atoms with Crippen LogP contribution in [0.4, 0.5) is 0 Å². The van der Waals surface area contributed by atoms with Gasteiger partial charge in [-0.15, -0.1) is 0 Å². The molecule has 1 aliphatic rings. The molecule has 7 nitrogen and oxygen atoms in total. The Morgan fingerprint density at radius 3 is 2.50 bits per heavy atom. The summed E-state index contributed by atoms with van der Waals surface area (Å²) in [5, 5.41) is 16.4. The van der Waals surface area contributed by atoms with Gasteiger partial charge in [0, 0.05) is 60.9 Å². The van der Waals surface area contributed by atoms with Gasteiger partial charge in [0.1, 0.15) is 0 Å². The van der Waals surface area contributed by atoms with Crippen molar-refractivity contribution in [2.75, 3.05) is 20.2 Å². The van der Waals surface area contributed by atoms with Crippen LogP contribution in [-0.2, 0) is 11.3 Å². The van der Waals surface area contributed by atoms with Crippen LogP contribution in [0.15, 0.2) is 67.3 Å². The number of hydrogen-bond donors (Lipinski definition) is 1. The molecule has 4 aromatic rings. The molecule has 0 spiro atoms. The molecule has 0 radical (unpaired) electrons. The molecule has 5 rings (SSSR count). The number of ether oxygens (including phenoxy) is 1. The highest BCUT2D eigenvalue weighted by Gasteiger charge is 2.31. The van der Waals surface area contributed by atoms with E-state index in [0.29, 0.717) is 25.2 Å². The fourth-order valence-corrected chi connectivity index (χ4v) is 4.30. The summed E-state index contributed by atoms with van der Waals surface area (Å²) in [7, 11) is 1.68. The van der Waals surface area contributed by atoms with E-state index in [4.69, 9.17) is 4.74 Å². The van der Waals surface area contributed by atoms with Crippen LogP contribution in [0.3, 0.4) is 0 Å². The Morgan fingerprint density at radius 1 is 1.06 bits per heavy atom. The van der Waals surface area contributed by atoms with Crippen molar-refractivity contribution >= 4 is 16.7 Å². The van der Waals surface area contributed by atoms with E-state index in [1.54, 1.807) is 25.6 Å². The lowest BCUT2D eigenvalue weighted by atomic mass is 9.97. The highest BCUT2D eigenvalue weighted by atomic mass is 16.5. The molecule has 0 bridgehead atoms. The molecule has 34 heavy (non-hydrogen) atoms. The highest BCUT2D eigenvalue weighted by Crippen LogP contribution is 2.31. The summed E-state index contributed by atoms with van der Waals surface area (Å²) in [6.45, 7) is 5.21. The molecule has 1 amide bonds. The molecular formula is C27H28N4O3. The number of rotatable bonds is 6. The minimum atomic E-state index is -0.824. The molecule has 1 saturated heterocycles. The van der Waals surface area contributed by atoms with Gasteiger partial charge >= 0.3 is 0 Å². The summed E-state index contributed by atoms with van der Waals surface area (Å²) in [4.78, 5) is 19.1. The SMILES string of the molecule is COC1CN(C(=O)c2ccc3cncc(-c4ccc(-c5cnn(CC(C)(C)O)c5)cc4)c3c2)C1. The molecule has 1 N–H and O–H groups in total. The van der Waals surface area contributed by atoms with Crippen molar-refractivity contribution in [3.05, 3.63) is 72.8 Å². The second-order valence-electron chi connectivity index (χ2n) is 9.51. The molecule has 1 aliphatic heterocycles. The van der Waals surface area contributed by atoms with Gasteiger partial charge in [-0.3, -0.25) is 14.5 Å². The number of methoxy groups -OCH3 is 1. The van der Waals surface area contributed by atoms with Crippen LogP contribution >= 0.6 is 0 Å². The number of aromatic nitrogens is 3. The Morgan fingerprint density at radius 2 is 1.79 bits per heavy atom. The zero-order valence-electron chi connectivity index (χ0n) is 19.6. The molecule has 7 heteroatoms. The number of pyridine rings is 1. The van der Waals surface area contributed by atoms with Crippen LogP contribution < -0.4 is 0 Å². The number of carbonyl (C=O) groups is 1. The molecule has 0 unspecified atom stereocenters. The van der Waals surface area contributed by atoms with Crippen LogP contribution in [0.2, 0.25) is 0 Å². The van der Waals surface area contributed by atoms with E-state index < -0.39 is 5.60 Å². The van der Waals surface area contributed by atoms with Crippen LogP contribution in [-0.4, -0.2) is 62.6 Å². The fraction of sp³-hybridized carbons (Fsp3) is 0.296. The van der Waals surface area contributed by atoms with E-state index >= 15 is 0 Å². The molecular weight excluding hydrogens is 428 g/mol. The van der Waals surface area contributed by atoms with Crippen LogP contribution in [0.5, 0.6) is 0 Å². The summed E-state index contributed by atoms with van der Waals surface area (Å²) in [5.41, 5.74) is 3.89. The Bertz CT molecular complexity index is 1330. The predicted octanol–water partition coefficient (Wildman–Crippen LogP) is 4.01. The molecule has 2 aromatic carbocycles. The first-order chi connectivity index (χ1) is 16.3. The fourth-order valence-electron chi connectivity index (χ4n) is 4.30. The molecule has 174 valence electrons. The van der Waals surface area contributed by atoms with Crippen molar-refractivity contribution in [2.24, 2.45) is 0 Å². The number of nitrogens with zero attached hydrogens (tertiary/aromatic N) is 4. The maximum Gasteiger partial charge on any atom is 0.254 e. The number of benzene rings is 2. The van der Waals surface area contributed by atoms with Gasteiger partial charge in [-0.25, -0.2) is 0 Å². The van der Waals surface area contributed by atoms with Crippen molar-refractivity contribution in [3.63, 3.8) is 0 Å². The first-order valence-electron chi connectivity index (χ1n) is 11.4. The maximum atomic E-state index is 12.9. The third kappa shape index (κ3) is 4.44. The molecule has 1 fully saturated rings. The average Bonchev–Trinajstić information content (AvgIpc) is 3.24. The van der Waals surface area contributed by atoms with Crippen LogP contribution in [0, 0.1) is 0 Å². The van der Waals surface area contributed by atoms with E-state index in [9.17, 15) is 9.90 Å². The second kappa shape index (κ2) is 8.66.